The molecule has 0 bridgehead atoms. The maximum atomic E-state index is 12.7. The van der Waals surface area contributed by atoms with Crippen LogP contribution in [0.4, 0.5) is 0 Å². The molecular weight excluding hydrogens is 996 g/mol. The molecule has 440 valence electrons. The molecule has 0 amide bonds. The summed E-state index contributed by atoms with van der Waals surface area (Å²) in [5, 5.41) is 0. The fourth-order valence-corrected chi connectivity index (χ4v) is 17.6. The molecule has 0 fully saturated rings. The summed E-state index contributed by atoms with van der Waals surface area (Å²) in [7, 11) is 0. The van der Waals surface area contributed by atoms with Crippen LogP contribution in [0.25, 0.3) is 0 Å². The smallest absolute Gasteiger partial charge is 0.308 e. The SMILES string of the molecule is CCCCCCCCCCCCCCCCCCOC(=O)CCOP(=S)(SCCC(=O)OCCCCCCCCCCCCCCCCCC)SCCC(=O)OCCCCCCCCCCCCCCCCCC. The Morgan fingerprint density at radius 2 is 0.473 bits per heavy atom. The number of esters is 3. The second-order valence-corrected chi connectivity index (χ2v) is 32.5. The zero-order chi connectivity index (χ0) is 53.8. The first-order valence-electron chi connectivity index (χ1n) is 32.4. The van der Waals surface area contributed by atoms with Gasteiger partial charge < -0.3 is 18.7 Å². The van der Waals surface area contributed by atoms with Crippen LogP contribution < -0.4 is 0 Å². The number of rotatable bonds is 63. The van der Waals surface area contributed by atoms with E-state index in [1.54, 1.807) is 0 Å². The fourth-order valence-electron chi connectivity index (χ4n) is 9.56. The predicted octanol–water partition coefficient (Wildman–Crippen LogP) is 22.3. The Labute approximate surface area is 473 Å². The Morgan fingerprint density at radius 3 is 0.689 bits per heavy atom. The monoisotopic (exact) mass is 1120 g/mol. The van der Waals surface area contributed by atoms with E-state index in [0.717, 1.165) is 38.5 Å². The van der Waals surface area contributed by atoms with Gasteiger partial charge in [-0.15, -0.1) is 0 Å². The summed E-state index contributed by atoms with van der Waals surface area (Å²) in [6, 6.07) is 0. The van der Waals surface area contributed by atoms with Crippen LogP contribution in [-0.4, -0.2) is 55.8 Å². The van der Waals surface area contributed by atoms with E-state index in [-0.39, 0.29) is 43.8 Å². The zero-order valence-corrected chi connectivity index (χ0v) is 52.7. The first kappa shape index (κ1) is 73.7. The van der Waals surface area contributed by atoms with E-state index >= 15 is 0 Å². The Kier molecular flexibility index (Phi) is 61.7. The van der Waals surface area contributed by atoms with Crippen molar-refractivity contribution in [3.8, 4) is 0 Å². The molecule has 0 N–H and O–H groups in total. The van der Waals surface area contributed by atoms with Crippen molar-refractivity contribution >= 4 is 57.1 Å². The minimum atomic E-state index is -2.54. The second-order valence-electron chi connectivity index (χ2n) is 21.8. The molecule has 74 heavy (non-hydrogen) atoms. The lowest BCUT2D eigenvalue weighted by Gasteiger charge is -2.20. The Hall–Kier alpha value is -0.280. The van der Waals surface area contributed by atoms with Crippen LogP contribution in [0.15, 0.2) is 0 Å². The summed E-state index contributed by atoms with van der Waals surface area (Å²) in [6.07, 6.45) is 63.7. The van der Waals surface area contributed by atoms with Gasteiger partial charge in [0.2, 0.25) is 0 Å². The highest BCUT2D eigenvalue weighted by molar-refractivity contribution is 8.99. The van der Waals surface area contributed by atoms with E-state index in [0.29, 0.717) is 31.3 Å². The number of carbonyl (C=O) groups excluding carboxylic acids is 3. The van der Waals surface area contributed by atoms with E-state index in [2.05, 4.69) is 20.8 Å². The predicted molar refractivity (Wildman–Crippen MR) is 331 cm³/mol. The molecule has 0 aliphatic carbocycles. The topological polar surface area (TPSA) is 88.1 Å². The van der Waals surface area contributed by atoms with E-state index in [9.17, 15) is 14.4 Å². The summed E-state index contributed by atoms with van der Waals surface area (Å²) in [4.78, 5) is 37.9. The summed E-state index contributed by atoms with van der Waals surface area (Å²) in [5.41, 5.74) is 0. The fraction of sp³-hybridized carbons (Fsp3) is 0.952. The van der Waals surface area contributed by atoms with Gasteiger partial charge in [0, 0.05) is 11.5 Å². The average molecular weight is 1120 g/mol. The molecule has 0 unspecified atom stereocenters. The number of ether oxygens (including phenoxy) is 3. The molecule has 7 nitrogen and oxygen atoms in total. The quantitative estimate of drug-likeness (QED) is 0.0254. The van der Waals surface area contributed by atoms with E-state index in [1.807, 2.05) is 0 Å². The Balaban J connectivity index is 4.37. The second kappa shape index (κ2) is 61.9. The third-order valence-electron chi connectivity index (χ3n) is 14.4. The standard InChI is InChI=1S/C63H123O7PS3/c1-4-7-10-13-16-19-22-25-28-31-34-37-40-43-46-49-55-67-61(64)52-58-70-71(72,73-59-53-62(65)68-56-50-47-44-41-38-35-32-29-26-23-20-17-14-11-8-5-2)74-60-54-63(66)69-57-51-48-45-42-39-36-33-30-27-24-21-18-15-12-9-6-3/h4-60H2,1-3H3. The highest BCUT2D eigenvalue weighted by atomic mass is 33.2. The van der Waals surface area contributed by atoms with Crippen LogP contribution in [0.3, 0.4) is 0 Å². The molecule has 0 spiro atoms. The van der Waals surface area contributed by atoms with Crippen LogP contribution >= 0.6 is 27.4 Å². The van der Waals surface area contributed by atoms with Crippen molar-refractivity contribution in [2.75, 3.05) is 37.9 Å². The summed E-state index contributed by atoms with van der Waals surface area (Å²) < 4.78 is 20.4. The van der Waals surface area contributed by atoms with Gasteiger partial charge in [0.1, 0.15) is 0 Å². The Bertz CT molecular complexity index is 1080. The largest absolute Gasteiger partial charge is 0.466 e. The van der Waals surface area contributed by atoms with E-state index in [1.165, 1.54) is 292 Å². The molecular formula is C63H123O7PS3. The number of carbonyl (C=O) groups is 3. The van der Waals surface area contributed by atoms with Gasteiger partial charge in [0.15, 0.2) is 4.67 Å². The molecule has 0 aliphatic rings. The van der Waals surface area contributed by atoms with Gasteiger partial charge in [-0.25, -0.2) is 0 Å². The molecule has 0 radical (unpaired) electrons. The number of hydrogen-bond acceptors (Lipinski definition) is 10. The van der Waals surface area contributed by atoms with Crippen LogP contribution in [0, 0.1) is 0 Å². The zero-order valence-electron chi connectivity index (χ0n) is 49.3. The van der Waals surface area contributed by atoms with Crippen molar-refractivity contribution in [1.82, 2.24) is 0 Å². The van der Waals surface area contributed by atoms with Crippen LogP contribution in [0.1, 0.15) is 348 Å². The lowest BCUT2D eigenvalue weighted by Crippen LogP contribution is -2.09. The highest BCUT2D eigenvalue weighted by Gasteiger charge is 2.22. The minimum absolute atomic E-state index is 0.140. The molecule has 0 aromatic rings. The summed E-state index contributed by atoms with van der Waals surface area (Å²) >= 11 is 8.98. The molecule has 0 aliphatic heterocycles. The van der Waals surface area contributed by atoms with Gasteiger partial charge in [0.05, 0.1) is 45.7 Å². The van der Waals surface area contributed by atoms with Crippen molar-refractivity contribution in [3.63, 3.8) is 0 Å². The third-order valence-corrected chi connectivity index (χ3v) is 24.1. The minimum Gasteiger partial charge on any atom is -0.466 e. The number of hydrogen-bond donors (Lipinski definition) is 0. The molecule has 0 saturated carbocycles. The van der Waals surface area contributed by atoms with Gasteiger partial charge in [-0.3, -0.25) is 14.4 Å². The van der Waals surface area contributed by atoms with Gasteiger partial charge in [-0.2, -0.15) is 0 Å². The maximum Gasteiger partial charge on any atom is 0.308 e. The average Bonchev–Trinajstić information content (AvgIpc) is 3.39. The third kappa shape index (κ3) is 59.4. The first-order chi connectivity index (χ1) is 36.4. The molecule has 0 aromatic carbocycles. The molecule has 11 heteroatoms. The normalized spacial score (nSPS) is 11.7. The van der Waals surface area contributed by atoms with Crippen molar-refractivity contribution in [3.05, 3.63) is 0 Å². The van der Waals surface area contributed by atoms with Crippen LogP contribution in [0.2, 0.25) is 0 Å². The van der Waals surface area contributed by atoms with Crippen molar-refractivity contribution in [2.45, 2.75) is 348 Å². The summed E-state index contributed by atoms with van der Waals surface area (Å²) in [5.74, 6) is 0.281. The van der Waals surface area contributed by atoms with E-state index < -0.39 is 4.67 Å². The molecule has 0 aromatic heterocycles. The molecule has 0 rings (SSSR count). The molecule has 0 heterocycles. The van der Waals surface area contributed by atoms with Crippen LogP contribution in [0.5, 0.6) is 0 Å². The lowest BCUT2D eigenvalue weighted by atomic mass is 10.0. The van der Waals surface area contributed by atoms with Gasteiger partial charge in [0.25, 0.3) is 0 Å². The summed E-state index contributed by atoms with van der Waals surface area (Å²) in [6.45, 7) is 8.38. The molecule has 0 atom stereocenters. The van der Waals surface area contributed by atoms with Crippen LogP contribution in [-0.2, 0) is 44.9 Å². The van der Waals surface area contributed by atoms with Crippen molar-refractivity contribution in [1.29, 1.82) is 0 Å². The lowest BCUT2D eigenvalue weighted by molar-refractivity contribution is -0.144. The van der Waals surface area contributed by atoms with Gasteiger partial charge >= 0.3 is 17.9 Å². The van der Waals surface area contributed by atoms with Gasteiger partial charge in [-0.05, 0) is 31.1 Å². The first-order valence-corrected chi connectivity index (χ1v) is 38.3. The highest BCUT2D eigenvalue weighted by Crippen LogP contribution is 2.70. The maximum absolute atomic E-state index is 12.7. The molecule has 0 saturated heterocycles. The van der Waals surface area contributed by atoms with Crippen molar-refractivity contribution < 1.29 is 33.1 Å². The van der Waals surface area contributed by atoms with E-state index in [4.69, 9.17) is 30.5 Å². The van der Waals surface area contributed by atoms with Crippen molar-refractivity contribution in [2.24, 2.45) is 0 Å². The van der Waals surface area contributed by atoms with Gasteiger partial charge in [-0.1, -0.05) is 332 Å². The Morgan fingerprint density at radius 1 is 0.284 bits per heavy atom. The number of unbranched alkanes of at least 4 members (excludes halogenated alkanes) is 45.